The van der Waals surface area contributed by atoms with Crippen molar-refractivity contribution in [3.8, 4) is 5.75 Å². The fraction of sp³-hybridized carbons (Fsp3) is 0.533. The second-order valence-electron chi connectivity index (χ2n) is 5.30. The van der Waals surface area contributed by atoms with Crippen molar-refractivity contribution >= 4 is 17.6 Å². The number of carboxylic acids is 1. The highest BCUT2D eigenvalue weighted by atomic mass is 35.5. The zero-order chi connectivity index (χ0) is 14.2. The summed E-state index contributed by atoms with van der Waals surface area (Å²) in [7, 11) is 1.61. The number of benzene rings is 1. The van der Waals surface area contributed by atoms with E-state index in [0.29, 0.717) is 10.9 Å². The van der Waals surface area contributed by atoms with E-state index >= 15 is 0 Å². The van der Waals surface area contributed by atoms with Gasteiger partial charge in [0, 0.05) is 11.5 Å². The van der Waals surface area contributed by atoms with Crippen LogP contribution in [0.4, 0.5) is 0 Å². The lowest BCUT2D eigenvalue weighted by Crippen LogP contribution is -2.11. The number of ether oxygens (including phenoxy) is 1. The van der Waals surface area contributed by atoms with E-state index in [4.69, 9.17) is 21.4 Å². The van der Waals surface area contributed by atoms with Gasteiger partial charge in [-0.1, -0.05) is 17.7 Å². The Morgan fingerprint density at radius 3 is 2.63 bits per heavy atom. The minimum absolute atomic E-state index is 0.0297. The molecule has 1 unspecified atom stereocenters. The molecule has 19 heavy (non-hydrogen) atoms. The third-order valence-corrected chi connectivity index (χ3v) is 4.42. The maximum atomic E-state index is 11.1. The van der Waals surface area contributed by atoms with Crippen LogP contribution in [0, 0.1) is 19.8 Å². The first-order valence-electron chi connectivity index (χ1n) is 6.51. The lowest BCUT2D eigenvalue weighted by atomic mass is 9.88. The van der Waals surface area contributed by atoms with E-state index in [2.05, 4.69) is 0 Å². The number of methoxy groups -OCH3 is 1. The quantitative estimate of drug-likeness (QED) is 0.890. The van der Waals surface area contributed by atoms with E-state index in [0.717, 1.165) is 35.3 Å². The van der Waals surface area contributed by atoms with Crippen LogP contribution in [0.3, 0.4) is 0 Å². The molecule has 3 nitrogen and oxygen atoms in total. The monoisotopic (exact) mass is 282 g/mol. The van der Waals surface area contributed by atoms with Crippen LogP contribution in [-0.2, 0) is 4.79 Å². The van der Waals surface area contributed by atoms with Gasteiger partial charge in [0.25, 0.3) is 0 Å². The topological polar surface area (TPSA) is 46.5 Å². The van der Waals surface area contributed by atoms with Crippen molar-refractivity contribution in [1.29, 1.82) is 0 Å². The Morgan fingerprint density at radius 2 is 2.16 bits per heavy atom. The smallest absolute Gasteiger partial charge is 0.303 e. The summed E-state index contributed by atoms with van der Waals surface area (Å²) in [4.78, 5) is 11.1. The first kappa shape index (κ1) is 14.2. The van der Waals surface area contributed by atoms with Crippen molar-refractivity contribution in [2.45, 2.75) is 39.0 Å². The summed E-state index contributed by atoms with van der Waals surface area (Å²) in [6.07, 6.45) is 2.35. The minimum atomic E-state index is -0.760. The molecule has 1 saturated carbocycles. The number of carboxylic acid groups (broad SMARTS) is 1. The van der Waals surface area contributed by atoms with Crippen LogP contribution in [0.25, 0.3) is 0 Å². The summed E-state index contributed by atoms with van der Waals surface area (Å²) in [5.41, 5.74) is 2.87. The average molecular weight is 283 g/mol. The van der Waals surface area contributed by atoms with Gasteiger partial charge in [-0.15, -0.1) is 0 Å². The van der Waals surface area contributed by atoms with Gasteiger partial charge in [0.15, 0.2) is 0 Å². The van der Waals surface area contributed by atoms with Gasteiger partial charge in [-0.2, -0.15) is 0 Å². The van der Waals surface area contributed by atoms with Crippen molar-refractivity contribution in [2.75, 3.05) is 7.11 Å². The molecule has 1 aliphatic rings. The molecule has 0 amide bonds. The zero-order valence-electron chi connectivity index (χ0n) is 11.5. The van der Waals surface area contributed by atoms with Gasteiger partial charge in [-0.3, -0.25) is 4.79 Å². The summed E-state index contributed by atoms with van der Waals surface area (Å²) in [5.74, 6) is 0.477. The molecule has 4 heteroatoms. The van der Waals surface area contributed by atoms with Crippen LogP contribution >= 0.6 is 11.6 Å². The van der Waals surface area contributed by atoms with Crippen molar-refractivity contribution in [2.24, 2.45) is 5.92 Å². The van der Waals surface area contributed by atoms with Crippen LogP contribution in [0.15, 0.2) is 6.07 Å². The number of hydrogen-bond donors (Lipinski definition) is 1. The molecule has 0 heterocycles. The SMILES string of the molecule is COc1c(C(CC(=O)O)C2CC2)cc(C)c(Cl)c1C. The second-order valence-corrected chi connectivity index (χ2v) is 5.67. The van der Waals surface area contributed by atoms with Gasteiger partial charge in [-0.05, 0) is 43.7 Å². The van der Waals surface area contributed by atoms with E-state index in [1.165, 1.54) is 0 Å². The number of hydrogen-bond acceptors (Lipinski definition) is 2. The van der Waals surface area contributed by atoms with Gasteiger partial charge < -0.3 is 9.84 Å². The lowest BCUT2D eigenvalue weighted by Gasteiger charge is -2.21. The van der Waals surface area contributed by atoms with E-state index in [9.17, 15) is 4.79 Å². The van der Waals surface area contributed by atoms with Crippen molar-refractivity contribution in [1.82, 2.24) is 0 Å². The summed E-state index contributed by atoms with van der Waals surface area (Å²) in [6, 6.07) is 1.99. The van der Waals surface area contributed by atoms with Crippen molar-refractivity contribution in [3.05, 3.63) is 27.8 Å². The molecule has 1 N–H and O–H groups in total. The Balaban J connectivity index is 2.49. The number of aryl methyl sites for hydroxylation is 1. The van der Waals surface area contributed by atoms with E-state index in [1.807, 2.05) is 19.9 Å². The summed E-state index contributed by atoms with van der Waals surface area (Å²) >= 11 is 6.24. The molecule has 0 aliphatic heterocycles. The zero-order valence-corrected chi connectivity index (χ0v) is 12.3. The minimum Gasteiger partial charge on any atom is -0.496 e. The molecular formula is C15H19ClO3. The average Bonchev–Trinajstić information content (AvgIpc) is 3.17. The van der Waals surface area contributed by atoms with Crippen LogP contribution in [0.2, 0.25) is 5.02 Å². The third-order valence-electron chi connectivity index (χ3n) is 3.84. The third kappa shape index (κ3) is 2.86. The standard InChI is InChI=1S/C15H19ClO3/c1-8-6-12(15(19-3)9(2)14(8)16)11(7-13(17)18)10-4-5-10/h6,10-11H,4-5,7H2,1-3H3,(H,17,18). The molecule has 104 valence electrons. The van der Waals surface area contributed by atoms with Gasteiger partial charge in [0.05, 0.1) is 18.6 Å². The van der Waals surface area contributed by atoms with Crippen molar-refractivity contribution < 1.29 is 14.6 Å². The van der Waals surface area contributed by atoms with E-state index < -0.39 is 5.97 Å². The molecule has 1 fully saturated rings. The molecule has 1 aromatic rings. The molecular weight excluding hydrogens is 264 g/mol. The Bertz CT molecular complexity index is 507. The number of aliphatic carboxylic acids is 1. The normalized spacial score (nSPS) is 16.2. The molecule has 1 atom stereocenters. The maximum absolute atomic E-state index is 11.1. The molecule has 0 aromatic heterocycles. The van der Waals surface area contributed by atoms with E-state index in [1.54, 1.807) is 7.11 Å². The first-order chi connectivity index (χ1) is 8.95. The largest absolute Gasteiger partial charge is 0.496 e. The Hall–Kier alpha value is -1.22. The van der Waals surface area contributed by atoms with Crippen molar-refractivity contribution in [3.63, 3.8) is 0 Å². The Kier molecular flexibility index (Phi) is 4.04. The van der Waals surface area contributed by atoms with Gasteiger partial charge in [0.2, 0.25) is 0 Å². The summed E-state index contributed by atoms with van der Waals surface area (Å²) in [6.45, 7) is 3.87. The van der Waals surface area contributed by atoms with Gasteiger partial charge in [-0.25, -0.2) is 0 Å². The molecule has 0 bridgehead atoms. The molecule has 0 radical (unpaired) electrons. The van der Waals surface area contributed by atoms with Crippen LogP contribution < -0.4 is 4.74 Å². The number of rotatable bonds is 5. The fourth-order valence-electron chi connectivity index (χ4n) is 2.74. The molecule has 0 saturated heterocycles. The van der Waals surface area contributed by atoms with Gasteiger partial charge in [0.1, 0.15) is 5.75 Å². The maximum Gasteiger partial charge on any atom is 0.303 e. The Labute approximate surface area is 118 Å². The first-order valence-corrected chi connectivity index (χ1v) is 6.88. The number of halogens is 1. The Morgan fingerprint density at radius 1 is 1.53 bits per heavy atom. The molecule has 1 aliphatic carbocycles. The second kappa shape index (κ2) is 5.41. The van der Waals surface area contributed by atoms with E-state index in [-0.39, 0.29) is 12.3 Å². The highest BCUT2D eigenvalue weighted by Gasteiger charge is 2.36. The predicted octanol–water partition coefficient (Wildman–Crippen LogP) is 3.93. The highest BCUT2D eigenvalue weighted by Crippen LogP contribution is 2.48. The number of carbonyl (C=O) groups is 1. The van der Waals surface area contributed by atoms with Gasteiger partial charge >= 0.3 is 5.97 Å². The van der Waals surface area contributed by atoms with Crippen LogP contribution in [0.1, 0.15) is 41.9 Å². The highest BCUT2D eigenvalue weighted by molar-refractivity contribution is 6.32. The molecule has 2 rings (SSSR count). The predicted molar refractivity (Wildman–Crippen MR) is 75.2 cm³/mol. The summed E-state index contributed by atoms with van der Waals surface area (Å²) in [5, 5.41) is 9.81. The van der Waals surface area contributed by atoms with Crippen LogP contribution in [-0.4, -0.2) is 18.2 Å². The molecule has 1 aromatic carbocycles. The summed E-state index contributed by atoms with van der Waals surface area (Å²) < 4.78 is 5.48. The lowest BCUT2D eigenvalue weighted by molar-refractivity contribution is -0.137. The molecule has 0 spiro atoms. The fourth-order valence-corrected chi connectivity index (χ4v) is 2.88. The van der Waals surface area contributed by atoms with Crippen LogP contribution in [0.5, 0.6) is 5.75 Å².